The Hall–Kier alpha value is -3.53. The van der Waals surface area contributed by atoms with Crippen LogP contribution in [0.15, 0.2) is 48.5 Å². The minimum absolute atomic E-state index is 0.176. The van der Waals surface area contributed by atoms with Gasteiger partial charge in [0.25, 0.3) is 0 Å². The number of ether oxygens (including phenoxy) is 2. The van der Waals surface area contributed by atoms with Crippen molar-refractivity contribution in [2.45, 2.75) is 26.7 Å². The summed E-state index contributed by atoms with van der Waals surface area (Å²) in [6.07, 6.45) is -0.122. The van der Waals surface area contributed by atoms with Crippen molar-refractivity contribution >= 4 is 23.6 Å². The minimum Gasteiger partial charge on any atom is -0.450 e. The van der Waals surface area contributed by atoms with E-state index >= 15 is 0 Å². The molecule has 1 N–H and O–H groups in total. The van der Waals surface area contributed by atoms with Crippen LogP contribution in [-0.2, 0) is 11.2 Å². The number of hydrogen-bond donors (Lipinski definition) is 1. The van der Waals surface area contributed by atoms with E-state index in [-0.39, 0.29) is 25.3 Å². The van der Waals surface area contributed by atoms with E-state index in [0.717, 1.165) is 12.0 Å². The molecule has 28 heavy (non-hydrogen) atoms. The van der Waals surface area contributed by atoms with Crippen molar-refractivity contribution in [1.29, 1.82) is 5.26 Å². The van der Waals surface area contributed by atoms with Gasteiger partial charge in [0.05, 0.1) is 19.1 Å². The quantitative estimate of drug-likeness (QED) is 0.748. The summed E-state index contributed by atoms with van der Waals surface area (Å²) >= 11 is 0. The smallest absolute Gasteiger partial charge is 0.419 e. The van der Waals surface area contributed by atoms with E-state index in [4.69, 9.17) is 14.7 Å². The van der Waals surface area contributed by atoms with Gasteiger partial charge in [0.1, 0.15) is 5.75 Å². The first kappa shape index (κ1) is 20.8. The second-order valence-electron chi connectivity index (χ2n) is 5.82. The Bertz CT molecular complexity index is 843. The normalized spacial score (nSPS) is 9.89. The second-order valence-corrected chi connectivity index (χ2v) is 5.82. The lowest BCUT2D eigenvalue weighted by molar-refractivity contribution is 0.168. The van der Waals surface area contributed by atoms with Crippen LogP contribution in [0.5, 0.6) is 5.75 Å². The molecule has 0 saturated heterocycles. The molecule has 0 bridgehead atoms. The van der Waals surface area contributed by atoms with Crippen LogP contribution in [0.3, 0.4) is 0 Å². The summed E-state index contributed by atoms with van der Waals surface area (Å²) < 4.78 is 10.3. The fourth-order valence-electron chi connectivity index (χ4n) is 2.48. The molecule has 0 spiro atoms. The van der Waals surface area contributed by atoms with Crippen LogP contribution in [-0.4, -0.2) is 25.3 Å². The lowest BCUT2D eigenvalue weighted by atomic mass is 10.1. The molecule has 0 aliphatic heterocycles. The summed E-state index contributed by atoms with van der Waals surface area (Å²) in [5, 5.41) is 11.5. The molecule has 0 unspecified atom stereocenters. The summed E-state index contributed by atoms with van der Waals surface area (Å²) in [4.78, 5) is 25.6. The third-order valence-corrected chi connectivity index (χ3v) is 3.88. The number of nitrogens with zero attached hydrogens (tertiary/aromatic N) is 2. The standard InChI is InChI=1S/C21H23N3O4/c1-3-16-9-11-18(12-10-16)24(14-6-13-22)21(26)28-19-8-5-7-17(15-19)23-20(25)27-4-2/h5,7-12,15H,3-4,6,14H2,1-2H3,(H,23,25). The van der Waals surface area contributed by atoms with Gasteiger partial charge in [-0.2, -0.15) is 5.26 Å². The average molecular weight is 381 g/mol. The maximum atomic E-state index is 12.7. The molecule has 146 valence electrons. The highest BCUT2D eigenvalue weighted by molar-refractivity contribution is 5.89. The number of hydrogen-bond acceptors (Lipinski definition) is 5. The highest BCUT2D eigenvalue weighted by Crippen LogP contribution is 2.21. The van der Waals surface area contributed by atoms with Gasteiger partial charge in [-0.3, -0.25) is 10.2 Å². The maximum Gasteiger partial charge on any atom is 0.419 e. The topological polar surface area (TPSA) is 91.7 Å². The summed E-state index contributed by atoms with van der Waals surface area (Å²) in [6.45, 7) is 4.22. The molecule has 0 fully saturated rings. The first-order valence-electron chi connectivity index (χ1n) is 9.06. The van der Waals surface area contributed by atoms with Gasteiger partial charge in [-0.05, 0) is 43.2 Å². The highest BCUT2D eigenvalue weighted by Gasteiger charge is 2.18. The third kappa shape index (κ3) is 6.02. The van der Waals surface area contributed by atoms with Crippen molar-refractivity contribution in [3.63, 3.8) is 0 Å². The molecule has 0 aromatic heterocycles. The van der Waals surface area contributed by atoms with E-state index in [0.29, 0.717) is 11.4 Å². The fraction of sp³-hybridized carbons (Fsp3) is 0.286. The predicted molar refractivity (Wildman–Crippen MR) is 107 cm³/mol. The number of aryl methyl sites for hydroxylation is 1. The number of nitrogens with one attached hydrogen (secondary N) is 1. The molecule has 2 aromatic rings. The van der Waals surface area contributed by atoms with Crippen LogP contribution >= 0.6 is 0 Å². The number of amides is 2. The first-order chi connectivity index (χ1) is 13.6. The van der Waals surface area contributed by atoms with Crippen molar-refractivity contribution in [2.75, 3.05) is 23.4 Å². The zero-order chi connectivity index (χ0) is 20.4. The molecule has 0 aliphatic carbocycles. The average Bonchev–Trinajstić information content (AvgIpc) is 2.69. The van der Waals surface area contributed by atoms with Gasteiger partial charge >= 0.3 is 12.2 Å². The Labute approximate surface area is 164 Å². The van der Waals surface area contributed by atoms with Gasteiger partial charge in [-0.1, -0.05) is 25.1 Å². The molecule has 0 radical (unpaired) electrons. The van der Waals surface area contributed by atoms with E-state index in [1.807, 2.05) is 37.3 Å². The number of anilines is 2. The molecule has 2 aromatic carbocycles. The SMILES string of the molecule is CCOC(=O)Nc1cccc(OC(=O)N(CCC#N)c2ccc(CC)cc2)c1. The van der Waals surface area contributed by atoms with Crippen LogP contribution in [0.4, 0.5) is 21.0 Å². The molecule has 0 atom stereocenters. The maximum absolute atomic E-state index is 12.7. The largest absolute Gasteiger partial charge is 0.450 e. The van der Waals surface area contributed by atoms with E-state index in [1.165, 1.54) is 11.0 Å². The first-order valence-corrected chi connectivity index (χ1v) is 9.06. The highest BCUT2D eigenvalue weighted by atomic mass is 16.6. The van der Waals surface area contributed by atoms with Crippen molar-refractivity contribution in [1.82, 2.24) is 0 Å². The van der Waals surface area contributed by atoms with Crippen LogP contribution in [0.2, 0.25) is 0 Å². The van der Waals surface area contributed by atoms with Gasteiger partial charge in [0.15, 0.2) is 0 Å². The molecule has 2 amide bonds. The van der Waals surface area contributed by atoms with Crippen LogP contribution in [0.25, 0.3) is 0 Å². The van der Waals surface area contributed by atoms with E-state index in [9.17, 15) is 9.59 Å². The number of carbonyl (C=O) groups is 2. The van der Waals surface area contributed by atoms with Crippen molar-refractivity contribution in [2.24, 2.45) is 0 Å². The monoisotopic (exact) mass is 381 g/mol. The fourth-order valence-corrected chi connectivity index (χ4v) is 2.48. The molecular formula is C21H23N3O4. The Balaban J connectivity index is 2.14. The molecule has 0 saturated carbocycles. The van der Waals surface area contributed by atoms with E-state index < -0.39 is 12.2 Å². The molecule has 7 heteroatoms. The molecule has 0 heterocycles. The Morgan fingerprint density at radius 2 is 1.89 bits per heavy atom. The van der Waals surface area contributed by atoms with Gasteiger partial charge in [-0.25, -0.2) is 9.59 Å². The van der Waals surface area contributed by atoms with Gasteiger partial charge < -0.3 is 9.47 Å². The Morgan fingerprint density at radius 3 is 2.54 bits per heavy atom. The molecule has 7 nitrogen and oxygen atoms in total. The number of benzene rings is 2. The van der Waals surface area contributed by atoms with Gasteiger partial charge in [-0.15, -0.1) is 0 Å². The van der Waals surface area contributed by atoms with Gasteiger partial charge in [0, 0.05) is 24.0 Å². The predicted octanol–water partition coefficient (Wildman–Crippen LogP) is 4.74. The van der Waals surface area contributed by atoms with E-state index in [2.05, 4.69) is 5.32 Å². The van der Waals surface area contributed by atoms with Crippen molar-refractivity contribution in [3.8, 4) is 11.8 Å². The Kier molecular flexibility index (Phi) is 7.85. The summed E-state index contributed by atoms with van der Waals surface area (Å²) in [5.74, 6) is 0.270. The van der Waals surface area contributed by atoms with Crippen LogP contribution in [0.1, 0.15) is 25.8 Å². The van der Waals surface area contributed by atoms with E-state index in [1.54, 1.807) is 25.1 Å². The van der Waals surface area contributed by atoms with Crippen molar-refractivity contribution in [3.05, 3.63) is 54.1 Å². The number of rotatable bonds is 7. The van der Waals surface area contributed by atoms with Crippen molar-refractivity contribution < 1.29 is 19.1 Å². The summed E-state index contributed by atoms with van der Waals surface area (Å²) in [7, 11) is 0. The van der Waals surface area contributed by atoms with Crippen LogP contribution in [0, 0.1) is 11.3 Å². The zero-order valence-electron chi connectivity index (χ0n) is 16.0. The lowest BCUT2D eigenvalue weighted by Gasteiger charge is -2.21. The van der Waals surface area contributed by atoms with Gasteiger partial charge in [0.2, 0.25) is 0 Å². The lowest BCUT2D eigenvalue weighted by Crippen LogP contribution is -2.34. The number of carbonyl (C=O) groups excluding carboxylic acids is 2. The van der Waals surface area contributed by atoms with Crippen LogP contribution < -0.4 is 15.0 Å². The second kappa shape index (κ2) is 10.6. The number of nitriles is 1. The zero-order valence-corrected chi connectivity index (χ0v) is 16.0. The Morgan fingerprint density at radius 1 is 1.14 bits per heavy atom. The minimum atomic E-state index is -0.604. The third-order valence-electron chi connectivity index (χ3n) is 3.88. The molecule has 2 rings (SSSR count). The summed E-state index contributed by atoms with van der Waals surface area (Å²) in [5.41, 5.74) is 2.24. The molecular weight excluding hydrogens is 358 g/mol. The summed E-state index contributed by atoms with van der Waals surface area (Å²) in [6, 6.07) is 16.0. The molecule has 0 aliphatic rings.